The summed E-state index contributed by atoms with van der Waals surface area (Å²) in [6.45, 7) is 3.09. The molecule has 0 saturated carbocycles. The number of rotatable bonds is 4. The quantitative estimate of drug-likeness (QED) is 0.679. The highest BCUT2D eigenvalue weighted by atomic mass is 16.2. The molecule has 3 aromatic rings. The van der Waals surface area contributed by atoms with Gasteiger partial charge in [-0.2, -0.15) is 0 Å². The maximum Gasteiger partial charge on any atom is 0.321 e. The van der Waals surface area contributed by atoms with Crippen molar-refractivity contribution in [2.45, 2.75) is 26.2 Å². The third-order valence-electron chi connectivity index (χ3n) is 5.11. The summed E-state index contributed by atoms with van der Waals surface area (Å²) >= 11 is 0. The van der Waals surface area contributed by atoms with Gasteiger partial charge in [-0.3, -0.25) is 9.78 Å². The van der Waals surface area contributed by atoms with E-state index in [-0.39, 0.29) is 17.7 Å². The first-order valence-corrected chi connectivity index (χ1v) is 9.64. The SMILES string of the molecule is CCc1nc2ccc(NC(=O)N3CCC[C@@H](C(=O)c4ccccn4)C3)cc2[nH]1. The molecule has 4 rings (SSSR count). The number of amides is 2. The number of carbonyl (C=O) groups is 2. The van der Waals surface area contributed by atoms with Gasteiger partial charge in [0.25, 0.3) is 0 Å². The number of hydrogen-bond donors (Lipinski definition) is 2. The minimum atomic E-state index is -0.211. The predicted molar refractivity (Wildman–Crippen MR) is 107 cm³/mol. The number of anilines is 1. The molecule has 7 nitrogen and oxygen atoms in total. The average Bonchev–Trinajstić information content (AvgIpc) is 3.16. The second kappa shape index (κ2) is 7.80. The molecular weight excluding hydrogens is 354 g/mol. The number of aryl methyl sites for hydroxylation is 1. The van der Waals surface area contributed by atoms with E-state index in [2.05, 4.69) is 20.3 Å². The summed E-state index contributed by atoms with van der Waals surface area (Å²) in [5.41, 5.74) is 2.96. The Kier molecular flexibility index (Phi) is 5.06. The van der Waals surface area contributed by atoms with Crippen LogP contribution >= 0.6 is 0 Å². The molecule has 2 aromatic heterocycles. The molecule has 7 heteroatoms. The van der Waals surface area contributed by atoms with Crippen LogP contribution in [0.4, 0.5) is 10.5 Å². The summed E-state index contributed by atoms with van der Waals surface area (Å²) in [5, 5.41) is 2.94. The lowest BCUT2D eigenvalue weighted by molar-refractivity contribution is 0.0846. The zero-order valence-electron chi connectivity index (χ0n) is 15.8. The van der Waals surface area contributed by atoms with Crippen molar-refractivity contribution in [2.75, 3.05) is 18.4 Å². The van der Waals surface area contributed by atoms with Gasteiger partial charge in [0.1, 0.15) is 11.5 Å². The summed E-state index contributed by atoms with van der Waals surface area (Å²) in [6.07, 6.45) is 4.03. The molecule has 1 aromatic carbocycles. The molecule has 0 spiro atoms. The van der Waals surface area contributed by atoms with Gasteiger partial charge in [-0.25, -0.2) is 9.78 Å². The Balaban J connectivity index is 1.43. The minimum absolute atomic E-state index is 0.00377. The summed E-state index contributed by atoms with van der Waals surface area (Å²) in [4.78, 5) is 39.0. The molecular formula is C21H23N5O2. The second-order valence-electron chi connectivity index (χ2n) is 7.06. The number of carbonyl (C=O) groups excluding carboxylic acids is 2. The molecule has 1 aliphatic heterocycles. The lowest BCUT2D eigenvalue weighted by atomic mass is 9.92. The number of H-pyrrole nitrogens is 1. The van der Waals surface area contributed by atoms with E-state index in [0.717, 1.165) is 36.1 Å². The number of Topliss-reactive ketones (excluding diaryl/α,β-unsaturated/α-hetero) is 1. The van der Waals surface area contributed by atoms with Crippen molar-refractivity contribution in [1.29, 1.82) is 0 Å². The Morgan fingerprint density at radius 3 is 2.96 bits per heavy atom. The lowest BCUT2D eigenvalue weighted by Crippen LogP contribution is -2.44. The molecule has 0 bridgehead atoms. The van der Waals surface area contributed by atoms with Gasteiger partial charge in [0.05, 0.1) is 11.0 Å². The van der Waals surface area contributed by atoms with E-state index in [1.807, 2.05) is 31.2 Å². The normalized spacial score (nSPS) is 16.9. The molecule has 2 amide bonds. The monoisotopic (exact) mass is 377 g/mol. The van der Waals surface area contributed by atoms with E-state index in [0.29, 0.717) is 24.5 Å². The number of hydrogen-bond acceptors (Lipinski definition) is 4. The van der Waals surface area contributed by atoms with Gasteiger partial charge >= 0.3 is 6.03 Å². The first-order valence-electron chi connectivity index (χ1n) is 9.64. The van der Waals surface area contributed by atoms with Crippen molar-refractivity contribution >= 4 is 28.5 Å². The van der Waals surface area contributed by atoms with Crippen LogP contribution in [0.25, 0.3) is 11.0 Å². The van der Waals surface area contributed by atoms with Gasteiger partial charge in [0, 0.05) is 37.3 Å². The van der Waals surface area contributed by atoms with Crippen LogP contribution in [0.1, 0.15) is 36.1 Å². The fourth-order valence-corrected chi connectivity index (χ4v) is 3.60. The number of aromatic nitrogens is 3. The molecule has 1 atom stereocenters. The summed E-state index contributed by atoms with van der Waals surface area (Å²) in [6, 6.07) is 10.8. The smallest absolute Gasteiger partial charge is 0.321 e. The van der Waals surface area contributed by atoms with E-state index in [1.165, 1.54) is 0 Å². The highest BCUT2D eigenvalue weighted by Crippen LogP contribution is 2.22. The first kappa shape index (κ1) is 18.2. The van der Waals surface area contributed by atoms with Crippen LogP contribution in [0.3, 0.4) is 0 Å². The van der Waals surface area contributed by atoms with Crippen LogP contribution in [0, 0.1) is 5.92 Å². The van der Waals surface area contributed by atoms with Crippen molar-refractivity contribution in [2.24, 2.45) is 5.92 Å². The van der Waals surface area contributed by atoms with Gasteiger partial charge in [-0.1, -0.05) is 13.0 Å². The van der Waals surface area contributed by atoms with Crippen molar-refractivity contribution in [3.63, 3.8) is 0 Å². The van der Waals surface area contributed by atoms with Crippen LogP contribution in [0.5, 0.6) is 0 Å². The number of ketones is 1. The number of urea groups is 1. The Bertz CT molecular complexity index is 998. The molecule has 0 radical (unpaired) electrons. The van der Waals surface area contributed by atoms with Crippen molar-refractivity contribution < 1.29 is 9.59 Å². The predicted octanol–water partition coefficient (Wildman–Crippen LogP) is 3.65. The molecule has 1 saturated heterocycles. The zero-order chi connectivity index (χ0) is 19.5. The van der Waals surface area contributed by atoms with Crippen molar-refractivity contribution in [3.05, 3.63) is 54.1 Å². The Morgan fingerprint density at radius 2 is 2.18 bits per heavy atom. The Hall–Kier alpha value is -3.22. The summed E-state index contributed by atoms with van der Waals surface area (Å²) in [5.74, 6) is 0.714. The van der Waals surface area contributed by atoms with Crippen LogP contribution < -0.4 is 5.32 Å². The van der Waals surface area contributed by atoms with Crippen LogP contribution in [-0.2, 0) is 6.42 Å². The highest BCUT2D eigenvalue weighted by molar-refractivity contribution is 5.97. The Labute approximate surface area is 163 Å². The third-order valence-corrected chi connectivity index (χ3v) is 5.11. The van der Waals surface area contributed by atoms with Gasteiger partial charge in [-0.15, -0.1) is 0 Å². The number of benzene rings is 1. The maximum absolute atomic E-state index is 12.7. The Morgan fingerprint density at radius 1 is 1.29 bits per heavy atom. The molecule has 2 N–H and O–H groups in total. The van der Waals surface area contributed by atoms with Crippen LogP contribution in [0.2, 0.25) is 0 Å². The number of nitrogens with zero attached hydrogens (tertiary/aromatic N) is 3. The molecule has 0 unspecified atom stereocenters. The molecule has 3 heterocycles. The summed E-state index contributed by atoms with van der Waals surface area (Å²) < 4.78 is 0. The maximum atomic E-state index is 12.7. The van der Waals surface area contributed by atoms with Gasteiger partial charge in [0.15, 0.2) is 5.78 Å². The van der Waals surface area contributed by atoms with E-state index in [9.17, 15) is 9.59 Å². The number of likely N-dealkylation sites (tertiary alicyclic amines) is 1. The first-order chi connectivity index (χ1) is 13.6. The van der Waals surface area contributed by atoms with Crippen molar-refractivity contribution in [3.8, 4) is 0 Å². The topological polar surface area (TPSA) is 91.0 Å². The average molecular weight is 377 g/mol. The fraction of sp³-hybridized carbons (Fsp3) is 0.333. The largest absolute Gasteiger partial charge is 0.342 e. The molecule has 28 heavy (non-hydrogen) atoms. The number of fused-ring (bicyclic) bond motifs is 1. The van der Waals surface area contributed by atoms with E-state index in [1.54, 1.807) is 23.2 Å². The number of imidazole rings is 1. The number of piperidine rings is 1. The third kappa shape index (κ3) is 3.74. The second-order valence-corrected chi connectivity index (χ2v) is 7.06. The number of aromatic amines is 1. The standard InChI is InChI=1S/C21H23N5O2/c1-2-19-24-16-9-8-15(12-18(16)25-19)23-21(28)26-11-5-6-14(13-26)20(27)17-7-3-4-10-22-17/h3-4,7-10,12,14H,2,5-6,11,13H2,1H3,(H,23,28)(H,24,25)/t14-/m1/s1. The highest BCUT2D eigenvalue weighted by Gasteiger charge is 2.29. The number of nitrogens with one attached hydrogen (secondary N) is 2. The molecule has 1 fully saturated rings. The van der Waals surface area contributed by atoms with E-state index >= 15 is 0 Å². The zero-order valence-corrected chi connectivity index (χ0v) is 15.8. The van der Waals surface area contributed by atoms with Gasteiger partial charge < -0.3 is 15.2 Å². The molecule has 144 valence electrons. The van der Waals surface area contributed by atoms with Crippen molar-refractivity contribution in [1.82, 2.24) is 19.9 Å². The fourth-order valence-electron chi connectivity index (χ4n) is 3.60. The van der Waals surface area contributed by atoms with E-state index < -0.39 is 0 Å². The number of pyridine rings is 1. The van der Waals surface area contributed by atoms with Crippen LogP contribution in [-0.4, -0.2) is 44.8 Å². The van der Waals surface area contributed by atoms with Gasteiger partial charge in [-0.05, 0) is 43.2 Å². The van der Waals surface area contributed by atoms with Crippen LogP contribution in [0.15, 0.2) is 42.6 Å². The molecule has 1 aliphatic rings. The molecule has 0 aliphatic carbocycles. The lowest BCUT2D eigenvalue weighted by Gasteiger charge is -2.31. The van der Waals surface area contributed by atoms with E-state index in [4.69, 9.17) is 0 Å². The van der Waals surface area contributed by atoms with Gasteiger partial charge in [0.2, 0.25) is 0 Å². The summed E-state index contributed by atoms with van der Waals surface area (Å²) in [7, 11) is 0. The minimum Gasteiger partial charge on any atom is -0.342 e.